The van der Waals surface area contributed by atoms with E-state index in [-0.39, 0.29) is 35.6 Å². The number of allylic oxidation sites excluding steroid dienone is 1. The van der Waals surface area contributed by atoms with Crippen molar-refractivity contribution in [3.05, 3.63) is 72.8 Å². The Labute approximate surface area is 359 Å². The smallest absolute Gasteiger partial charge is 0.261 e. The maximum atomic E-state index is 11.6. The third-order valence-corrected chi connectivity index (χ3v) is 25.0. The normalized spacial score (nSPS) is 25.2. The lowest BCUT2D eigenvalue weighted by molar-refractivity contribution is -0.114. The van der Waals surface area contributed by atoms with Gasteiger partial charge in [-0.3, -0.25) is 0 Å². The Hall–Kier alpha value is -1.11. The van der Waals surface area contributed by atoms with Gasteiger partial charge >= 0.3 is 0 Å². The molecule has 1 N–H and O–H groups in total. The van der Waals surface area contributed by atoms with Crippen molar-refractivity contribution in [3.8, 4) is 0 Å². The number of rotatable bonds is 20. The lowest BCUT2D eigenvalue weighted by Gasteiger charge is -2.45. The molecular weight excluding hydrogens is 805 g/mol. The molecule has 0 aliphatic carbocycles. The number of aliphatic hydroxyl groups excluding tert-OH is 1. The van der Waals surface area contributed by atoms with Crippen molar-refractivity contribution in [3.63, 3.8) is 0 Å². The van der Waals surface area contributed by atoms with Gasteiger partial charge in [0.25, 0.3) is 8.32 Å². The van der Waals surface area contributed by atoms with Crippen molar-refractivity contribution >= 4 is 42.9 Å². The summed E-state index contributed by atoms with van der Waals surface area (Å²) in [6, 6.07) is 21.7. The molecule has 2 fully saturated rings. The van der Waals surface area contributed by atoms with E-state index in [9.17, 15) is 5.11 Å². The minimum Gasteiger partial charge on any atom is -0.410 e. The molecule has 2 aliphatic rings. The van der Waals surface area contributed by atoms with Crippen molar-refractivity contribution in [2.75, 3.05) is 6.61 Å². The van der Waals surface area contributed by atoms with Crippen LogP contribution in [0.15, 0.2) is 72.8 Å². The first kappa shape index (κ1) is 48.6. The highest BCUT2D eigenvalue weighted by molar-refractivity contribution is 9.09. The van der Waals surface area contributed by atoms with Gasteiger partial charge in [0, 0.05) is 17.9 Å². The number of ether oxygens (including phenoxy) is 2. The summed E-state index contributed by atoms with van der Waals surface area (Å²) < 4.78 is 28.3. The minimum atomic E-state index is -2.61. The molecule has 8 heteroatoms. The van der Waals surface area contributed by atoms with E-state index in [2.05, 4.69) is 172 Å². The molecule has 0 radical (unpaired) electrons. The highest BCUT2D eigenvalue weighted by atomic mass is 79.9. The van der Waals surface area contributed by atoms with Crippen LogP contribution in [0.2, 0.25) is 21.7 Å². The summed E-state index contributed by atoms with van der Waals surface area (Å²) in [5.74, 6) is 1.03. The Balaban J connectivity index is 1.39. The van der Waals surface area contributed by atoms with Gasteiger partial charge in [0.2, 0.25) is 8.32 Å². The van der Waals surface area contributed by atoms with E-state index in [0.29, 0.717) is 52.7 Å². The fourth-order valence-corrected chi connectivity index (χ4v) is 21.2. The summed E-state index contributed by atoms with van der Waals surface area (Å²) >= 11 is 3.97. The van der Waals surface area contributed by atoms with E-state index >= 15 is 0 Å². The van der Waals surface area contributed by atoms with Crippen LogP contribution in [0, 0.1) is 11.8 Å². The van der Waals surface area contributed by atoms with E-state index < -0.39 is 22.7 Å². The average molecular weight is 886 g/mol. The van der Waals surface area contributed by atoms with E-state index in [1.165, 1.54) is 10.4 Å². The lowest BCUT2D eigenvalue weighted by atomic mass is 9.87. The number of alkyl halides is 1. The van der Waals surface area contributed by atoms with E-state index in [1.807, 2.05) is 0 Å². The van der Waals surface area contributed by atoms with Crippen LogP contribution in [0.5, 0.6) is 0 Å². The van der Waals surface area contributed by atoms with Crippen LogP contribution in [0.3, 0.4) is 0 Å². The molecule has 2 heterocycles. The molecule has 0 unspecified atom stereocenters. The first-order chi connectivity index (χ1) is 26.9. The first-order valence-electron chi connectivity index (χ1n) is 22.6. The topological polar surface area (TPSA) is 57.2 Å². The molecule has 0 spiro atoms. The van der Waals surface area contributed by atoms with Gasteiger partial charge in [0.15, 0.2) is 0 Å². The molecule has 322 valence electrons. The SMILES string of the molecule is CC(C)C/C=C/[C@H](C[C@@H]1CC[C@H](C)[C@@H](C[C@@H](O)C[C@@H]2C[C@H](Br)C[C@H](CCO[Si](c3ccccc3)(c3ccccc3)C(C)(C)C)O2)O1)O[Si](C(C)C)(C(C)C)C(C)C. The molecule has 4 rings (SSSR count). The van der Waals surface area contributed by atoms with Gasteiger partial charge in [-0.05, 0) is 95.2 Å². The fraction of sp³-hybridized carbons (Fsp3) is 0.714. The third-order valence-electron chi connectivity index (χ3n) is 13.1. The zero-order valence-electron chi connectivity index (χ0n) is 37.9. The highest BCUT2D eigenvalue weighted by Crippen LogP contribution is 2.44. The second-order valence-electron chi connectivity index (χ2n) is 20.0. The zero-order valence-corrected chi connectivity index (χ0v) is 41.5. The summed E-state index contributed by atoms with van der Waals surface area (Å²) in [7, 11) is -4.69. The summed E-state index contributed by atoms with van der Waals surface area (Å²) in [5.41, 5.74) is 1.60. The maximum absolute atomic E-state index is 11.6. The molecule has 0 aromatic heterocycles. The predicted octanol–water partition coefficient (Wildman–Crippen LogP) is 12.1. The second kappa shape index (κ2) is 22.1. The summed E-state index contributed by atoms with van der Waals surface area (Å²) in [5, 5.41) is 14.2. The van der Waals surface area contributed by atoms with Crippen LogP contribution >= 0.6 is 15.9 Å². The van der Waals surface area contributed by atoms with Gasteiger partial charge < -0.3 is 23.4 Å². The number of halogens is 1. The molecular formula is C49H81BrO5Si2. The van der Waals surface area contributed by atoms with E-state index in [4.69, 9.17) is 18.3 Å². The monoisotopic (exact) mass is 884 g/mol. The van der Waals surface area contributed by atoms with E-state index in [1.54, 1.807) is 0 Å². The van der Waals surface area contributed by atoms with Crippen LogP contribution < -0.4 is 10.4 Å². The zero-order chi connectivity index (χ0) is 42.0. The molecule has 0 bridgehead atoms. The van der Waals surface area contributed by atoms with Crippen LogP contribution in [-0.4, -0.2) is 69.8 Å². The molecule has 0 saturated carbocycles. The third kappa shape index (κ3) is 13.0. The molecule has 5 nitrogen and oxygen atoms in total. The Kier molecular flexibility index (Phi) is 18.8. The molecule has 2 aliphatic heterocycles. The molecule has 2 saturated heterocycles. The van der Waals surface area contributed by atoms with Gasteiger partial charge in [-0.25, -0.2) is 0 Å². The summed E-state index contributed by atoms with van der Waals surface area (Å²) in [6.45, 7) is 28.7. The number of hydrogen-bond acceptors (Lipinski definition) is 5. The van der Waals surface area contributed by atoms with Crippen LogP contribution in [-0.2, 0) is 18.3 Å². The Bertz CT molecular complexity index is 1400. The quantitative estimate of drug-likeness (QED) is 0.0815. The highest BCUT2D eigenvalue weighted by Gasteiger charge is 2.50. The summed E-state index contributed by atoms with van der Waals surface area (Å²) in [6.07, 6.45) is 12.5. The largest absolute Gasteiger partial charge is 0.410 e. The first-order valence-corrected chi connectivity index (χ1v) is 27.6. The van der Waals surface area contributed by atoms with Crippen molar-refractivity contribution in [2.45, 2.75) is 204 Å². The lowest BCUT2D eigenvalue weighted by Crippen LogP contribution is -2.66. The molecule has 0 amide bonds. The van der Waals surface area contributed by atoms with Crippen molar-refractivity contribution in [1.82, 2.24) is 0 Å². The molecule has 2 aromatic carbocycles. The Morgan fingerprint density at radius 1 is 0.772 bits per heavy atom. The van der Waals surface area contributed by atoms with Gasteiger partial charge in [0.1, 0.15) is 0 Å². The molecule has 8 atom stereocenters. The molecule has 2 aromatic rings. The van der Waals surface area contributed by atoms with E-state index in [0.717, 1.165) is 44.9 Å². The predicted molar refractivity (Wildman–Crippen MR) is 250 cm³/mol. The Morgan fingerprint density at radius 2 is 1.33 bits per heavy atom. The second-order valence-corrected chi connectivity index (χ2v) is 31.0. The average Bonchev–Trinajstić information content (AvgIpc) is 3.13. The minimum absolute atomic E-state index is 0.00394. The number of aliphatic hydroxyl groups is 1. The van der Waals surface area contributed by atoms with Crippen LogP contribution in [0.4, 0.5) is 0 Å². The number of hydrogen-bond donors (Lipinski definition) is 1. The molecule has 57 heavy (non-hydrogen) atoms. The van der Waals surface area contributed by atoms with Crippen molar-refractivity contribution < 1.29 is 23.4 Å². The van der Waals surface area contributed by atoms with Gasteiger partial charge in [-0.15, -0.1) is 0 Å². The maximum Gasteiger partial charge on any atom is 0.261 e. The van der Waals surface area contributed by atoms with Gasteiger partial charge in [-0.1, -0.05) is 172 Å². The van der Waals surface area contributed by atoms with Crippen LogP contribution in [0.25, 0.3) is 0 Å². The van der Waals surface area contributed by atoms with Crippen molar-refractivity contribution in [1.29, 1.82) is 0 Å². The van der Waals surface area contributed by atoms with Gasteiger partial charge in [-0.2, -0.15) is 0 Å². The van der Waals surface area contributed by atoms with Crippen molar-refractivity contribution in [2.24, 2.45) is 11.8 Å². The Morgan fingerprint density at radius 3 is 1.86 bits per heavy atom. The fourth-order valence-electron chi connectivity index (χ4n) is 10.3. The number of benzene rings is 2. The standard InChI is InChI=1S/C49H81BrO5Si2/c1-35(2)20-19-21-44(55-56(36(3)4,37(5)6)38(7)8)34-42-27-26-39(9)48(54-42)33-41(51)32-45-31-40(50)30-43(53-45)28-29-52-57(49(10,11)12,46-22-15-13-16-23-46)47-24-17-14-18-25-47/h13-19,21-25,35-45,48,51H,20,26-34H2,1-12H3/b21-19+/t39-,40+,41-,42-,43-,44+,45-,48+/m0/s1. The summed E-state index contributed by atoms with van der Waals surface area (Å²) in [4.78, 5) is 0.356. The van der Waals surface area contributed by atoms with Crippen LogP contribution in [0.1, 0.15) is 141 Å². The van der Waals surface area contributed by atoms with Gasteiger partial charge in [0.05, 0.1) is 36.6 Å².